The molecular formula is C18H27ClN2O3. The molecule has 134 valence electrons. The number of nitrogens with one attached hydrogen (secondary N) is 1. The zero-order valence-corrected chi connectivity index (χ0v) is 15.4. The Morgan fingerprint density at radius 3 is 2.71 bits per heavy atom. The van der Waals surface area contributed by atoms with Crippen molar-refractivity contribution in [1.29, 1.82) is 0 Å². The highest BCUT2D eigenvalue weighted by molar-refractivity contribution is 6.30. The number of amides is 1. The van der Waals surface area contributed by atoms with E-state index < -0.39 is 0 Å². The number of hydrogen-bond donors (Lipinski definition) is 1. The summed E-state index contributed by atoms with van der Waals surface area (Å²) in [5.41, 5.74) is 0.920. The zero-order valence-electron chi connectivity index (χ0n) is 14.7. The predicted molar refractivity (Wildman–Crippen MR) is 95.7 cm³/mol. The number of carbonyl (C=O) groups is 1. The first kappa shape index (κ1) is 19.0. The Bertz CT molecular complexity index is 545. The molecule has 1 heterocycles. The van der Waals surface area contributed by atoms with Crippen LogP contribution in [0.5, 0.6) is 5.75 Å². The van der Waals surface area contributed by atoms with Crippen LogP contribution in [-0.4, -0.2) is 56.3 Å². The number of hydrogen-bond acceptors (Lipinski definition) is 4. The van der Waals surface area contributed by atoms with Crippen LogP contribution in [0.3, 0.4) is 0 Å². The summed E-state index contributed by atoms with van der Waals surface area (Å²) in [5, 5.41) is 3.65. The van der Waals surface area contributed by atoms with Gasteiger partial charge in [0.2, 0.25) is 0 Å². The van der Waals surface area contributed by atoms with E-state index in [-0.39, 0.29) is 12.5 Å². The monoisotopic (exact) mass is 354 g/mol. The van der Waals surface area contributed by atoms with Gasteiger partial charge in [0.05, 0.1) is 13.2 Å². The van der Waals surface area contributed by atoms with E-state index in [4.69, 9.17) is 21.1 Å². The molecule has 0 saturated carbocycles. The zero-order chi connectivity index (χ0) is 17.5. The third kappa shape index (κ3) is 5.65. The normalized spacial score (nSPS) is 16.9. The van der Waals surface area contributed by atoms with Crippen molar-refractivity contribution in [2.24, 2.45) is 5.92 Å². The van der Waals surface area contributed by atoms with E-state index in [0.717, 1.165) is 31.9 Å². The van der Waals surface area contributed by atoms with Crippen molar-refractivity contribution in [2.75, 3.05) is 39.5 Å². The first-order valence-corrected chi connectivity index (χ1v) is 8.82. The number of aryl methyl sites for hydroxylation is 1. The van der Waals surface area contributed by atoms with Gasteiger partial charge < -0.3 is 14.8 Å². The van der Waals surface area contributed by atoms with Crippen LogP contribution in [0.25, 0.3) is 0 Å². The van der Waals surface area contributed by atoms with E-state index in [2.05, 4.69) is 24.1 Å². The van der Waals surface area contributed by atoms with Crippen molar-refractivity contribution < 1.29 is 14.3 Å². The van der Waals surface area contributed by atoms with Crippen molar-refractivity contribution in [3.8, 4) is 5.75 Å². The first-order valence-electron chi connectivity index (χ1n) is 8.45. The summed E-state index contributed by atoms with van der Waals surface area (Å²) in [6.45, 7) is 10.3. The Kier molecular flexibility index (Phi) is 7.34. The standard InChI is InChI=1S/C18H27ClN2O3/c1-13(2)16(21-6-8-23-9-7-21)11-20-18(22)12-24-17-5-4-15(19)10-14(17)3/h4-5,10,13,16H,6-9,11-12H2,1-3H3,(H,20,22)/t16-/m1/s1. The maximum absolute atomic E-state index is 12.1. The lowest BCUT2D eigenvalue weighted by molar-refractivity contribution is -0.123. The number of morpholine rings is 1. The Hall–Kier alpha value is -1.30. The van der Waals surface area contributed by atoms with Crippen molar-refractivity contribution in [2.45, 2.75) is 26.8 Å². The smallest absolute Gasteiger partial charge is 0.257 e. The van der Waals surface area contributed by atoms with Crippen molar-refractivity contribution in [1.82, 2.24) is 10.2 Å². The predicted octanol–water partition coefficient (Wildman–Crippen LogP) is 2.50. The van der Waals surface area contributed by atoms with Crippen LogP contribution < -0.4 is 10.1 Å². The molecule has 1 fully saturated rings. The molecule has 0 radical (unpaired) electrons. The summed E-state index contributed by atoms with van der Waals surface area (Å²) in [6, 6.07) is 5.68. The molecule has 1 aromatic rings. The summed E-state index contributed by atoms with van der Waals surface area (Å²) in [7, 11) is 0. The molecule has 5 nitrogen and oxygen atoms in total. The second-order valence-electron chi connectivity index (χ2n) is 6.46. The van der Waals surface area contributed by atoms with Gasteiger partial charge in [0.15, 0.2) is 6.61 Å². The molecule has 24 heavy (non-hydrogen) atoms. The Morgan fingerprint density at radius 1 is 1.38 bits per heavy atom. The minimum Gasteiger partial charge on any atom is -0.484 e. The highest BCUT2D eigenvalue weighted by atomic mass is 35.5. The van der Waals surface area contributed by atoms with Crippen LogP contribution in [0.15, 0.2) is 18.2 Å². The highest BCUT2D eigenvalue weighted by Crippen LogP contribution is 2.21. The van der Waals surface area contributed by atoms with E-state index in [1.165, 1.54) is 0 Å². The van der Waals surface area contributed by atoms with Gasteiger partial charge in [-0.15, -0.1) is 0 Å². The number of halogens is 1. The molecule has 0 aromatic heterocycles. The number of carbonyl (C=O) groups excluding carboxylic acids is 1. The van der Waals surface area contributed by atoms with Crippen LogP contribution in [0.2, 0.25) is 5.02 Å². The fourth-order valence-corrected chi connectivity index (χ4v) is 3.11. The minimum atomic E-state index is -0.108. The van der Waals surface area contributed by atoms with E-state index in [1.807, 2.05) is 13.0 Å². The first-order chi connectivity index (χ1) is 11.5. The van der Waals surface area contributed by atoms with Crippen molar-refractivity contribution >= 4 is 17.5 Å². The molecule has 0 aliphatic carbocycles. The van der Waals surface area contributed by atoms with Gasteiger partial charge in [-0.3, -0.25) is 9.69 Å². The summed E-state index contributed by atoms with van der Waals surface area (Å²) >= 11 is 5.92. The Morgan fingerprint density at radius 2 is 2.08 bits per heavy atom. The van der Waals surface area contributed by atoms with Crippen LogP contribution in [0, 0.1) is 12.8 Å². The maximum Gasteiger partial charge on any atom is 0.257 e. The summed E-state index contributed by atoms with van der Waals surface area (Å²) in [4.78, 5) is 14.5. The van der Waals surface area contributed by atoms with Crippen LogP contribution in [-0.2, 0) is 9.53 Å². The Balaban J connectivity index is 1.80. The molecule has 1 atom stereocenters. The lowest BCUT2D eigenvalue weighted by atomic mass is 10.0. The second-order valence-corrected chi connectivity index (χ2v) is 6.90. The number of nitrogens with zero attached hydrogens (tertiary/aromatic N) is 1. The summed E-state index contributed by atoms with van der Waals surface area (Å²) in [6.07, 6.45) is 0. The summed E-state index contributed by atoms with van der Waals surface area (Å²) in [5.74, 6) is 1.04. The lowest BCUT2D eigenvalue weighted by Crippen LogP contribution is -2.51. The maximum atomic E-state index is 12.1. The molecule has 1 aliphatic heterocycles. The van der Waals surface area contributed by atoms with Gasteiger partial charge in [-0.1, -0.05) is 25.4 Å². The van der Waals surface area contributed by atoms with Crippen molar-refractivity contribution in [3.63, 3.8) is 0 Å². The molecule has 1 aromatic carbocycles. The molecule has 1 amide bonds. The molecule has 2 rings (SSSR count). The van der Waals surface area contributed by atoms with Gasteiger partial charge in [-0.05, 0) is 36.6 Å². The quantitative estimate of drug-likeness (QED) is 0.817. The fourth-order valence-electron chi connectivity index (χ4n) is 2.88. The lowest BCUT2D eigenvalue weighted by Gasteiger charge is -2.36. The fraction of sp³-hybridized carbons (Fsp3) is 0.611. The van der Waals surface area contributed by atoms with Gasteiger partial charge in [-0.2, -0.15) is 0 Å². The molecular weight excluding hydrogens is 328 g/mol. The van der Waals surface area contributed by atoms with E-state index in [9.17, 15) is 4.79 Å². The molecule has 6 heteroatoms. The molecule has 1 N–H and O–H groups in total. The SMILES string of the molecule is Cc1cc(Cl)ccc1OCC(=O)NC[C@H](C(C)C)N1CCOCC1. The molecule has 0 spiro atoms. The molecule has 0 unspecified atom stereocenters. The van der Waals surface area contributed by atoms with Crippen LogP contribution in [0.1, 0.15) is 19.4 Å². The number of ether oxygens (including phenoxy) is 2. The topological polar surface area (TPSA) is 50.8 Å². The molecule has 0 bridgehead atoms. The average Bonchev–Trinajstić information content (AvgIpc) is 2.55. The van der Waals surface area contributed by atoms with E-state index in [1.54, 1.807) is 12.1 Å². The van der Waals surface area contributed by atoms with Gasteiger partial charge in [0, 0.05) is 30.7 Å². The van der Waals surface area contributed by atoms with Gasteiger partial charge in [0.25, 0.3) is 5.91 Å². The van der Waals surface area contributed by atoms with Gasteiger partial charge in [0.1, 0.15) is 5.75 Å². The van der Waals surface area contributed by atoms with Crippen LogP contribution in [0.4, 0.5) is 0 Å². The second kappa shape index (κ2) is 9.25. The highest BCUT2D eigenvalue weighted by Gasteiger charge is 2.24. The average molecular weight is 355 g/mol. The van der Waals surface area contributed by atoms with E-state index in [0.29, 0.717) is 29.3 Å². The molecule has 1 aliphatic rings. The van der Waals surface area contributed by atoms with Gasteiger partial charge >= 0.3 is 0 Å². The van der Waals surface area contributed by atoms with Crippen molar-refractivity contribution in [3.05, 3.63) is 28.8 Å². The minimum absolute atomic E-state index is 0.0103. The summed E-state index contributed by atoms with van der Waals surface area (Å²) < 4.78 is 11.0. The number of rotatable bonds is 7. The largest absolute Gasteiger partial charge is 0.484 e. The molecule has 1 saturated heterocycles. The third-order valence-electron chi connectivity index (χ3n) is 4.29. The third-order valence-corrected chi connectivity index (χ3v) is 4.52. The van der Waals surface area contributed by atoms with Gasteiger partial charge in [-0.25, -0.2) is 0 Å². The Labute approximate surface area is 149 Å². The number of benzene rings is 1. The van der Waals surface area contributed by atoms with E-state index >= 15 is 0 Å². The van der Waals surface area contributed by atoms with Crippen LogP contribution >= 0.6 is 11.6 Å².